The first-order valence-electron chi connectivity index (χ1n) is 7.53. The minimum atomic E-state index is -4.45. The van der Waals surface area contributed by atoms with Crippen molar-refractivity contribution >= 4 is 0 Å². The molecule has 1 aromatic rings. The summed E-state index contributed by atoms with van der Waals surface area (Å²) in [4.78, 5) is 0. The quantitative estimate of drug-likeness (QED) is 0.765. The van der Waals surface area contributed by atoms with Crippen molar-refractivity contribution in [3.05, 3.63) is 35.1 Å². The molecule has 1 aliphatic carbocycles. The molecule has 1 unspecified atom stereocenters. The van der Waals surface area contributed by atoms with Crippen LogP contribution in [-0.4, -0.2) is 6.54 Å². The minimum absolute atomic E-state index is 0.0521. The number of halogens is 4. The topological polar surface area (TPSA) is 12.0 Å². The molecule has 2 rings (SSSR count). The summed E-state index contributed by atoms with van der Waals surface area (Å²) >= 11 is 0. The Morgan fingerprint density at radius 2 is 1.86 bits per heavy atom. The van der Waals surface area contributed by atoms with Gasteiger partial charge in [0.05, 0.1) is 5.56 Å². The standard InChI is InChI=1S/C16H21F4N/c1-2-21-15(11-6-4-3-5-7-11)13-10-12(17)8-9-14(13)16(18,19)20/h8-11,15,21H,2-7H2,1H3. The number of hydrogen-bond donors (Lipinski definition) is 1. The Morgan fingerprint density at radius 1 is 1.19 bits per heavy atom. The summed E-state index contributed by atoms with van der Waals surface area (Å²) in [5.41, 5.74) is -0.670. The van der Waals surface area contributed by atoms with E-state index in [0.29, 0.717) is 6.54 Å². The van der Waals surface area contributed by atoms with Crippen LogP contribution < -0.4 is 5.32 Å². The Labute approximate surface area is 122 Å². The van der Waals surface area contributed by atoms with E-state index in [0.717, 1.165) is 50.3 Å². The molecule has 0 bridgehead atoms. The van der Waals surface area contributed by atoms with Crippen LogP contribution in [0.1, 0.15) is 56.2 Å². The third kappa shape index (κ3) is 3.96. The van der Waals surface area contributed by atoms with Crippen LogP contribution in [-0.2, 0) is 6.18 Å². The number of benzene rings is 1. The summed E-state index contributed by atoms with van der Waals surface area (Å²) in [6.45, 7) is 2.43. The van der Waals surface area contributed by atoms with Crippen molar-refractivity contribution in [2.45, 2.75) is 51.2 Å². The van der Waals surface area contributed by atoms with Gasteiger partial charge >= 0.3 is 6.18 Å². The van der Waals surface area contributed by atoms with Gasteiger partial charge in [-0.05, 0) is 49.1 Å². The van der Waals surface area contributed by atoms with Crippen LogP contribution in [0.4, 0.5) is 17.6 Å². The van der Waals surface area contributed by atoms with E-state index >= 15 is 0 Å². The molecule has 1 saturated carbocycles. The van der Waals surface area contributed by atoms with Crippen molar-refractivity contribution in [1.82, 2.24) is 5.32 Å². The van der Waals surface area contributed by atoms with Crippen LogP contribution in [0, 0.1) is 11.7 Å². The lowest BCUT2D eigenvalue weighted by atomic mass is 9.80. The van der Waals surface area contributed by atoms with Crippen LogP contribution in [0.25, 0.3) is 0 Å². The molecule has 1 N–H and O–H groups in total. The van der Waals surface area contributed by atoms with E-state index in [4.69, 9.17) is 0 Å². The second-order valence-corrected chi connectivity index (χ2v) is 5.66. The third-order valence-electron chi connectivity index (χ3n) is 4.20. The fraction of sp³-hybridized carbons (Fsp3) is 0.625. The zero-order valence-corrected chi connectivity index (χ0v) is 12.1. The van der Waals surface area contributed by atoms with Gasteiger partial charge in [-0.1, -0.05) is 26.2 Å². The fourth-order valence-electron chi connectivity index (χ4n) is 3.27. The molecule has 0 heterocycles. The van der Waals surface area contributed by atoms with Crippen LogP contribution in [0.3, 0.4) is 0 Å². The van der Waals surface area contributed by atoms with E-state index in [-0.39, 0.29) is 11.5 Å². The maximum absolute atomic E-state index is 13.5. The number of alkyl halides is 3. The summed E-state index contributed by atoms with van der Waals surface area (Å²) < 4.78 is 53.1. The Hall–Kier alpha value is -1.10. The minimum Gasteiger partial charge on any atom is -0.310 e. The molecule has 0 radical (unpaired) electrons. The summed E-state index contributed by atoms with van der Waals surface area (Å²) in [5.74, 6) is -0.474. The summed E-state index contributed by atoms with van der Waals surface area (Å²) in [6.07, 6.45) is 0.527. The first-order valence-corrected chi connectivity index (χ1v) is 7.53. The van der Waals surface area contributed by atoms with Gasteiger partial charge in [0.15, 0.2) is 0 Å². The molecule has 0 aliphatic heterocycles. The molecule has 1 aromatic carbocycles. The predicted molar refractivity (Wildman–Crippen MR) is 74.4 cm³/mol. The Morgan fingerprint density at radius 3 is 2.43 bits per heavy atom. The molecule has 118 valence electrons. The maximum Gasteiger partial charge on any atom is 0.416 e. The molecule has 0 amide bonds. The van der Waals surface area contributed by atoms with Crippen molar-refractivity contribution in [2.75, 3.05) is 6.54 Å². The van der Waals surface area contributed by atoms with E-state index in [1.165, 1.54) is 0 Å². The Kier molecular flexibility index (Phi) is 5.25. The third-order valence-corrected chi connectivity index (χ3v) is 4.20. The monoisotopic (exact) mass is 303 g/mol. The average Bonchev–Trinajstić information content (AvgIpc) is 2.44. The second-order valence-electron chi connectivity index (χ2n) is 5.66. The summed E-state index contributed by atoms with van der Waals surface area (Å²) in [5, 5.41) is 3.14. The first-order chi connectivity index (χ1) is 9.93. The first kappa shape index (κ1) is 16.3. The highest BCUT2D eigenvalue weighted by Gasteiger charge is 2.37. The van der Waals surface area contributed by atoms with E-state index < -0.39 is 23.6 Å². The number of nitrogens with one attached hydrogen (secondary N) is 1. The lowest BCUT2D eigenvalue weighted by molar-refractivity contribution is -0.138. The molecule has 5 heteroatoms. The van der Waals surface area contributed by atoms with Crippen molar-refractivity contribution in [3.63, 3.8) is 0 Å². The zero-order valence-electron chi connectivity index (χ0n) is 12.1. The molecular formula is C16H21F4N. The van der Waals surface area contributed by atoms with Crippen molar-refractivity contribution in [1.29, 1.82) is 0 Å². The smallest absolute Gasteiger partial charge is 0.310 e. The van der Waals surface area contributed by atoms with E-state index in [2.05, 4.69) is 5.32 Å². The molecule has 0 saturated heterocycles. The normalized spacial score (nSPS) is 18.7. The maximum atomic E-state index is 13.5. The summed E-state index contributed by atoms with van der Waals surface area (Å²) in [7, 11) is 0. The molecule has 0 aromatic heterocycles. The number of hydrogen-bond acceptors (Lipinski definition) is 1. The largest absolute Gasteiger partial charge is 0.416 e. The van der Waals surface area contributed by atoms with Gasteiger partial charge in [-0.25, -0.2) is 4.39 Å². The molecule has 1 atom stereocenters. The molecule has 1 fully saturated rings. The SMILES string of the molecule is CCNC(c1cc(F)ccc1C(F)(F)F)C1CCCCC1. The summed E-state index contributed by atoms with van der Waals surface area (Å²) in [6, 6.07) is 2.36. The van der Waals surface area contributed by atoms with Gasteiger partial charge in [-0.2, -0.15) is 13.2 Å². The van der Waals surface area contributed by atoms with Gasteiger partial charge in [0.1, 0.15) is 5.82 Å². The van der Waals surface area contributed by atoms with Crippen LogP contribution >= 0.6 is 0 Å². The highest BCUT2D eigenvalue weighted by Crippen LogP contribution is 2.40. The fourth-order valence-corrected chi connectivity index (χ4v) is 3.27. The van der Waals surface area contributed by atoms with E-state index in [9.17, 15) is 17.6 Å². The molecule has 21 heavy (non-hydrogen) atoms. The van der Waals surface area contributed by atoms with E-state index in [1.807, 2.05) is 6.92 Å². The van der Waals surface area contributed by atoms with Gasteiger partial charge in [-0.15, -0.1) is 0 Å². The van der Waals surface area contributed by atoms with Gasteiger partial charge in [0.2, 0.25) is 0 Å². The van der Waals surface area contributed by atoms with Crippen LogP contribution in [0.5, 0.6) is 0 Å². The average molecular weight is 303 g/mol. The zero-order chi connectivity index (χ0) is 15.5. The van der Waals surface area contributed by atoms with Gasteiger partial charge in [-0.3, -0.25) is 0 Å². The highest BCUT2D eigenvalue weighted by atomic mass is 19.4. The van der Waals surface area contributed by atoms with Crippen molar-refractivity contribution in [2.24, 2.45) is 5.92 Å². The lowest BCUT2D eigenvalue weighted by Gasteiger charge is -2.32. The van der Waals surface area contributed by atoms with Gasteiger partial charge in [0.25, 0.3) is 0 Å². The van der Waals surface area contributed by atoms with Gasteiger partial charge < -0.3 is 5.32 Å². The lowest BCUT2D eigenvalue weighted by Crippen LogP contribution is -2.31. The molecule has 0 spiro atoms. The second kappa shape index (κ2) is 6.77. The van der Waals surface area contributed by atoms with Crippen LogP contribution in [0.15, 0.2) is 18.2 Å². The Balaban J connectivity index is 2.40. The van der Waals surface area contributed by atoms with Gasteiger partial charge in [0, 0.05) is 6.04 Å². The molecular weight excluding hydrogens is 282 g/mol. The predicted octanol–water partition coefficient (Wildman–Crippen LogP) is 5.08. The van der Waals surface area contributed by atoms with E-state index in [1.54, 1.807) is 0 Å². The highest BCUT2D eigenvalue weighted by molar-refractivity contribution is 5.33. The van der Waals surface area contributed by atoms with Crippen molar-refractivity contribution < 1.29 is 17.6 Å². The van der Waals surface area contributed by atoms with Crippen molar-refractivity contribution in [3.8, 4) is 0 Å². The van der Waals surface area contributed by atoms with Crippen LogP contribution in [0.2, 0.25) is 0 Å². The molecule has 1 aliphatic rings. The Bertz CT molecular complexity index is 464. The molecule has 1 nitrogen and oxygen atoms in total. The number of rotatable bonds is 4.